The molecule has 0 spiro atoms. The van der Waals surface area contributed by atoms with Crippen molar-refractivity contribution < 1.29 is 9.13 Å². The lowest BCUT2D eigenvalue weighted by Gasteiger charge is -2.16. The summed E-state index contributed by atoms with van der Waals surface area (Å²) in [6.07, 6.45) is 1.37. The Kier molecular flexibility index (Phi) is 7.90. The first-order valence-electron chi connectivity index (χ1n) is 8.39. The van der Waals surface area contributed by atoms with E-state index in [1.165, 1.54) is 28.7 Å². The molecule has 0 saturated heterocycles. The Labute approximate surface area is 167 Å². The average Bonchev–Trinajstić information content (AvgIpc) is 2.64. The van der Waals surface area contributed by atoms with Crippen molar-refractivity contribution in [3.63, 3.8) is 0 Å². The van der Waals surface area contributed by atoms with E-state index in [0.29, 0.717) is 22.2 Å². The number of nitriles is 1. The standard InChI is InChI=1S/C19H22FN3O2S2/c1-12(2)13-7-14(16-8-17(24)23(3)10-22-16)18(20)19(15(13)9-21)27-11-26-6-5-25-4/h7-8,10,12H,5-6,11H2,1-4H3. The molecule has 0 unspecified atom stereocenters. The van der Waals surface area contributed by atoms with Crippen LogP contribution in [-0.2, 0) is 11.8 Å². The molecule has 0 fully saturated rings. The van der Waals surface area contributed by atoms with Crippen LogP contribution in [0.2, 0.25) is 0 Å². The molecule has 8 heteroatoms. The Morgan fingerprint density at radius 2 is 2.15 bits per heavy atom. The van der Waals surface area contributed by atoms with E-state index in [1.54, 1.807) is 32.0 Å². The number of hydrogen-bond donors (Lipinski definition) is 0. The molecule has 27 heavy (non-hydrogen) atoms. The molecule has 1 aromatic heterocycles. The average molecular weight is 408 g/mol. The number of aromatic nitrogens is 2. The summed E-state index contributed by atoms with van der Waals surface area (Å²) in [6.45, 7) is 4.53. The van der Waals surface area contributed by atoms with E-state index < -0.39 is 5.82 Å². The number of rotatable bonds is 8. The van der Waals surface area contributed by atoms with Gasteiger partial charge in [-0.2, -0.15) is 5.26 Å². The van der Waals surface area contributed by atoms with Gasteiger partial charge in [0.25, 0.3) is 5.56 Å². The Morgan fingerprint density at radius 1 is 1.41 bits per heavy atom. The van der Waals surface area contributed by atoms with Gasteiger partial charge in [-0.05, 0) is 17.5 Å². The van der Waals surface area contributed by atoms with E-state index in [4.69, 9.17) is 4.74 Å². The van der Waals surface area contributed by atoms with Gasteiger partial charge in [0.1, 0.15) is 11.9 Å². The molecule has 0 saturated carbocycles. The fraction of sp³-hybridized carbons (Fsp3) is 0.421. The molecular weight excluding hydrogens is 385 g/mol. The van der Waals surface area contributed by atoms with Crippen molar-refractivity contribution in [2.75, 3.05) is 24.6 Å². The van der Waals surface area contributed by atoms with E-state index in [0.717, 1.165) is 11.3 Å². The first-order valence-corrected chi connectivity index (χ1v) is 10.5. The van der Waals surface area contributed by atoms with Crippen LogP contribution in [0.5, 0.6) is 0 Å². The zero-order valence-electron chi connectivity index (χ0n) is 15.8. The first-order chi connectivity index (χ1) is 12.9. The maximum absolute atomic E-state index is 15.3. The summed E-state index contributed by atoms with van der Waals surface area (Å²) in [5, 5.41) is 10.2. The summed E-state index contributed by atoms with van der Waals surface area (Å²) in [7, 11) is 3.23. The van der Waals surface area contributed by atoms with E-state index >= 15 is 4.39 Å². The minimum Gasteiger partial charge on any atom is -0.384 e. The Bertz CT molecular complexity index is 907. The van der Waals surface area contributed by atoms with Gasteiger partial charge < -0.3 is 9.30 Å². The summed E-state index contributed by atoms with van der Waals surface area (Å²) >= 11 is 2.91. The normalized spacial score (nSPS) is 11.0. The number of halogens is 1. The summed E-state index contributed by atoms with van der Waals surface area (Å²) in [4.78, 5) is 16.5. The molecule has 0 atom stereocenters. The van der Waals surface area contributed by atoms with Gasteiger partial charge in [0, 0.05) is 36.6 Å². The van der Waals surface area contributed by atoms with Crippen LogP contribution in [0.4, 0.5) is 4.39 Å². The summed E-state index contributed by atoms with van der Waals surface area (Å²) < 4.78 is 21.6. The summed E-state index contributed by atoms with van der Waals surface area (Å²) in [6, 6.07) is 5.11. The van der Waals surface area contributed by atoms with Gasteiger partial charge in [0.05, 0.1) is 29.1 Å². The van der Waals surface area contributed by atoms with Crippen molar-refractivity contribution in [3.05, 3.63) is 45.8 Å². The van der Waals surface area contributed by atoms with Gasteiger partial charge in [-0.3, -0.25) is 4.79 Å². The molecule has 2 rings (SSSR count). The van der Waals surface area contributed by atoms with Crippen molar-refractivity contribution >= 4 is 23.5 Å². The lowest BCUT2D eigenvalue weighted by atomic mass is 9.94. The van der Waals surface area contributed by atoms with Gasteiger partial charge >= 0.3 is 0 Å². The lowest BCUT2D eigenvalue weighted by Crippen LogP contribution is -2.16. The number of benzene rings is 1. The van der Waals surface area contributed by atoms with E-state index in [1.807, 2.05) is 13.8 Å². The van der Waals surface area contributed by atoms with Crippen LogP contribution in [0.15, 0.2) is 28.2 Å². The fourth-order valence-electron chi connectivity index (χ4n) is 2.46. The third-order valence-corrected chi connectivity index (χ3v) is 6.22. The molecular formula is C19H22FN3O2S2. The third-order valence-electron chi connectivity index (χ3n) is 3.96. The van der Waals surface area contributed by atoms with Crippen LogP contribution in [0.25, 0.3) is 11.3 Å². The zero-order chi connectivity index (χ0) is 20.0. The van der Waals surface area contributed by atoms with Gasteiger partial charge in [-0.1, -0.05) is 13.8 Å². The molecule has 0 aliphatic heterocycles. The number of aryl methyl sites for hydroxylation is 1. The number of thioether (sulfide) groups is 2. The Balaban J connectivity index is 2.52. The highest BCUT2D eigenvalue weighted by Gasteiger charge is 2.22. The highest BCUT2D eigenvalue weighted by Crippen LogP contribution is 2.38. The quantitative estimate of drug-likeness (QED) is 0.374. The first kappa shape index (κ1) is 21.5. The number of nitrogens with zero attached hydrogens (tertiary/aromatic N) is 3. The Morgan fingerprint density at radius 3 is 2.74 bits per heavy atom. The maximum Gasteiger partial charge on any atom is 0.253 e. The van der Waals surface area contributed by atoms with E-state index in [-0.39, 0.29) is 22.7 Å². The van der Waals surface area contributed by atoms with Gasteiger partial charge in [0.2, 0.25) is 0 Å². The highest BCUT2D eigenvalue weighted by molar-refractivity contribution is 8.16. The highest BCUT2D eigenvalue weighted by atomic mass is 32.2. The number of methoxy groups -OCH3 is 1. The molecule has 0 N–H and O–H groups in total. The molecule has 0 amide bonds. The predicted octanol–water partition coefficient (Wildman–Crippen LogP) is 4.01. The van der Waals surface area contributed by atoms with Gasteiger partial charge in [0.15, 0.2) is 0 Å². The van der Waals surface area contributed by atoms with Gasteiger partial charge in [-0.25, -0.2) is 9.37 Å². The molecule has 0 radical (unpaired) electrons. The fourth-order valence-corrected chi connectivity index (χ4v) is 4.56. The smallest absolute Gasteiger partial charge is 0.253 e. The monoisotopic (exact) mass is 407 g/mol. The molecule has 0 bridgehead atoms. The molecule has 5 nitrogen and oxygen atoms in total. The number of hydrogen-bond acceptors (Lipinski definition) is 6. The van der Waals surface area contributed by atoms with Crippen molar-refractivity contribution in [2.24, 2.45) is 7.05 Å². The molecule has 0 aliphatic rings. The molecule has 0 aliphatic carbocycles. The minimum absolute atomic E-state index is 0.0334. The second-order valence-electron chi connectivity index (χ2n) is 6.18. The van der Waals surface area contributed by atoms with Crippen LogP contribution in [0.3, 0.4) is 0 Å². The zero-order valence-corrected chi connectivity index (χ0v) is 17.4. The van der Waals surface area contributed by atoms with E-state index in [2.05, 4.69) is 11.1 Å². The number of ether oxygens (including phenoxy) is 1. The second kappa shape index (κ2) is 9.93. The molecule has 144 valence electrons. The minimum atomic E-state index is -0.506. The van der Waals surface area contributed by atoms with Crippen molar-refractivity contribution in [1.82, 2.24) is 9.55 Å². The van der Waals surface area contributed by atoms with Crippen LogP contribution in [0, 0.1) is 17.1 Å². The SMILES string of the molecule is COCCSCSc1c(F)c(-c2cc(=O)n(C)cn2)cc(C(C)C)c1C#N. The summed E-state index contributed by atoms with van der Waals surface area (Å²) in [5.41, 5.74) is 1.36. The van der Waals surface area contributed by atoms with Crippen molar-refractivity contribution in [2.45, 2.75) is 24.7 Å². The second-order valence-corrected chi connectivity index (χ2v) is 8.64. The molecule has 1 heterocycles. The lowest BCUT2D eigenvalue weighted by molar-refractivity contribution is 0.219. The predicted molar refractivity (Wildman–Crippen MR) is 109 cm³/mol. The van der Waals surface area contributed by atoms with Crippen molar-refractivity contribution in [3.8, 4) is 17.3 Å². The topological polar surface area (TPSA) is 67.9 Å². The van der Waals surface area contributed by atoms with Crippen molar-refractivity contribution in [1.29, 1.82) is 5.26 Å². The summed E-state index contributed by atoms with van der Waals surface area (Å²) in [5.74, 6) is 0.320. The van der Waals surface area contributed by atoms with Crippen LogP contribution < -0.4 is 5.56 Å². The molecule has 1 aromatic carbocycles. The Hall–Kier alpha value is -1.82. The van der Waals surface area contributed by atoms with Crippen LogP contribution >= 0.6 is 23.5 Å². The van der Waals surface area contributed by atoms with E-state index in [9.17, 15) is 10.1 Å². The van der Waals surface area contributed by atoms with Crippen LogP contribution in [0.1, 0.15) is 30.9 Å². The third kappa shape index (κ3) is 5.12. The largest absolute Gasteiger partial charge is 0.384 e. The van der Waals surface area contributed by atoms with Crippen LogP contribution in [-0.4, -0.2) is 34.1 Å². The molecule has 2 aromatic rings. The maximum atomic E-state index is 15.3. The van der Waals surface area contributed by atoms with Gasteiger partial charge in [-0.15, -0.1) is 23.5 Å².